The molecule has 0 bridgehead atoms. The maximum atomic E-state index is 11.7. The number of carbonyl (C=O) groups is 2. The van der Waals surface area contributed by atoms with Crippen molar-refractivity contribution in [2.24, 2.45) is 0 Å². The molecule has 0 aromatic rings. The Hall–Kier alpha value is -1.10. The molecule has 0 aromatic heterocycles. The van der Waals surface area contributed by atoms with Crippen LogP contribution in [0.3, 0.4) is 0 Å². The van der Waals surface area contributed by atoms with Gasteiger partial charge in [-0.25, -0.2) is 0 Å². The van der Waals surface area contributed by atoms with E-state index in [-0.39, 0.29) is 17.4 Å². The second-order valence-corrected chi connectivity index (χ2v) is 5.10. The van der Waals surface area contributed by atoms with E-state index in [0.29, 0.717) is 6.61 Å². The van der Waals surface area contributed by atoms with E-state index >= 15 is 0 Å². The molecule has 0 fully saturated rings. The highest BCUT2D eigenvalue weighted by Crippen LogP contribution is 2.00. The Morgan fingerprint density at radius 1 is 1.18 bits per heavy atom. The van der Waals surface area contributed by atoms with Crippen molar-refractivity contribution in [2.45, 2.75) is 59.2 Å². The van der Waals surface area contributed by atoms with Gasteiger partial charge < -0.3 is 10.1 Å². The van der Waals surface area contributed by atoms with Gasteiger partial charge in [0.15, 0.2) is 0 Å². The smallest absolute Gasteiger partial charge is 0.322 e. The van der Waals surface area contributed by atoms with Crippen molar-refractivity contribution in [1.29, 1.82) is 0 Å². The van der Waals surface area contributed by atoms with Crippen LogP contribution in [0.4, 0.5) is 0 Å². The standard InChI is InChI=1S/C12H24N2O3/c1-7-17-11(16)9(3)13-8(2)10(15)14-12(4,5)6/h8-9,13H,7H2,1-6H3,(H,14,15). The van der Waals surface area contributed by atoms with Crippen LogP contribution in [0.15, 0.2) is 0 Å². The lowest BCUT2D eigenvalue weighted by Gasteiger charge is -2.25. The normalized spacial score (nSPS) is 14.9. The maximum absolute atomic E-state index is 11.7. The molecule has 5 heteroatoms. The molecule has 0 spiro atoms. The molecular weight excluding hydrogens is 220 g/mol. The van der Waals surface area contributed by atoms with Gasteiger partial charge in [-0.15, -0.1) is 0 Å². The molecule has 2 unspecified atom stereocenters. The minimum absolute atomic E-state index is 0.131. The zero-order valence-electron chi connectivity index (χ0n) is 11.6. The fraction of sp³-hybridized carbons (Fsp3) is 0.833. The average molecular weight is 244 g/mol. The van der Waals surface area contributed by atoms with Gasteiger partial charge in [0.25, 0.3) is 0 Å². The summed E-state index contributed by atoms with van der Waals surface area (Å²) >= 11 is 0. The van der Waals surface area contributed by atoms with Crippen molar-refractivity contribution < 1.29 is 14.3 Å². The van der Waals surface area contributed by atoms with E-state index in [1.165, 1.54) is 0 Å². The monoisotopic (exact) mass is 244 g/mol. The van der Waals surface area contributed by atoms with E-state index in [2.05, 4.69) is 10.6 Å². The Labute approximate surface area is 103 Å². The number of nitrogens with one attached hydrogen (secondary N) is 2. The van der Waals surface area contributed by atoms with Crippen LogP contribution in [0.1, 0.15) is 41.5 Å². The lowest BCUT2D eigenvalue weighted by molar-refractivity contribution is -0.145. The maximum Gasteiger partial charge on any atom is 0.322 e. The van der Waals surface area contributed by atoms with Gasteiger partial charge >= 0.3 is 5.97 Å². The third-order valence-electron chi connectivity index (χ3n) is 2.03. The van der Waals surface area contributed by atoms with Gasteiger partial charge in [0, 0.05) is 5.54 Å². The van der Waals surface area contributed by atoms with Crippen LogP contribution in [-0.2, 0) is 14.3 Å². The van der Waals surface area contributed by atoms with E-state index < -0.39 is 12.1 Å². The highest BCUT2D eigenvalue weighted by molar-refractivity contribution is 5.83. The molecule has 17 heavy (non-hydrogen) atoms. The summed E-state index contributed by atoms with van der Waals surface area (Å²) in [5.41, 5.74) is -0.278. The quantitative estimate of drug-likeness (QED) is 0.703. The van der Waals surface area contributed by atoms with Gasteiger partial charge in [0.2, 0.25) is 5.91 Å². The molecule has 0 heterocycles. The second kappa shape index (κ2) is 6.59. The van der Waals surface area contributed by atoms with Gasteiger partial charge in [-0.1, -0.05) is 0 Å². The molecule has 0 aliphatic rings. The van der Waals surface area contributed by atoms with Crippen LogP contribution >= 0.6 is 0 Å². The minimum atomic E-state index is -0.490. The van der Waals surface area contributed by atoms with E-state index in [0.717, 1.165) is 0 Å². The summed E-state index contributed by atoms with van der Waals surface area (Å²) in [4.78, 5) is 23.1. The molecule has 2 N–H and O–H groups in total. The first-order chi connectivity index (χ1) is 7.67. The lowest BCUT2D eigenvalue weighted by atomic mass is 10.1. The zero-order valence-corrected chi connectivity index (χ0v) is 11.6. The Kier molecular flexibility index (Phi) is 6.16. The summed E-state index contributed by atoms with van der Waals surface area (Å²) in [6, 6.07) is -0.927. The summed E-state index contributed by atoms with van der Waals surface area (Å²) in [6.45, 7) is 11.2. The van der Waals surface area contributed by atoms with Gasteiger partial charge in [-0.3, -0.25) is 14.9 Å². The predicted octanol–water partition coefficient (Wildman–Crippen LogP) is 0.831. The average Bonchev–Trinajstić information content (AvgIpc) is 2.15. The van der Waals surface area contributed by atoms with Crippen molar-refractivity contribution in [1.82, 2.24) is 10.6 Å². The number of hydrogen-bond donors (Lipinski definition) is 2. The molecule has 0 aliphatic carbocycles. The topological polar surface area (TPSA) is 67.4 Å². The van der Waals surface area contributed by atoms with Crippen LogP contribution in [-0.4, -0.2) is 36.1 Å². The molecule has 0 aliphatic heterocycles. The fourth-order valence-corrected chi connectivity index (χ4v) is 1.26. The largest absolute Gasteiger partial charge is 0.465 e. The van der Waals surface area contributed by atoms with E-state index in [4.69, 9.17) is 4.74 Å². The first kappa shape index (κ1) is 15.9. The van der Waals surface area contributed by atoms with E-state index in [9.17, 15) is 9.59 Å². The molecule has 1 amide bonds. The molecule has 0 saturated carbocycles. The summed E-state index contributed by atoms with van der Waals surface area (Å²) in [7, 11) is 0. The van der Waals surface area contributed by atoms with Crippen LogP contribution in [0.25, 0.3) is 0 Å². The van der Waals surface area contributed by atoms with Crippen LogP contribution < -0.4 is 10.6 Å². The van der Waals surface area contributed by atoms with Gasteiger partial charge in [0.05, 0.1) is 12.6 Å². The van der Waals surface area contributed by atoms with Crippen LogP contribution in [0.5, 0.6) is 0 Å². The van der Waals surface area contributed by atoms with Gasteiger partial charge in [0.1, 0.15) is 6.04 Å². The summed E-state index contributed by atoms with van der Waals surface area (Å²) in [6.07, 6.45) is 0. The van der Waals surface area contributed by atoms with E-state index in [1.807, 2.05) is 20.8 Å². The third kappa shape index (κ3) is 6.94. The molecular formula is C12H24N2O3. The first-order valence-corrected chi connectivity index (χ1v) is 5.92. The summed E-state index contributed by atoms with van der Waals surface area (Å²) < 4.78 is 4.85. The predicted molar refractivity (Wildman–Crippen MR) is 66.6 cm³/mol. The number of amides is 1. The molecule has 2 atom stereocenters. The van der Waals surface area contributed by atoms with Crippen molar-refractivity contribution in [2.75, 3.05) is 6.61 Å². The molecule has 0 radical (unpaired) electrons. The highest BCUT2D eigenvalue weighted by atomic mass is 16.5. The minimum Gasteiger partial charge on any atom is -0.465 e. The number of esters is 1. The molecule has 0 rings (SSSR count). The third-order valence-corrected chi connectivity index (χ3v) is 2.03. The van der Waals surface area contributed by atoms with Gasteiger partial charge in [-0.05, 0) is 41.5 Å². The number of carbonyl (C=O) groups excluding carboxylic acids is 2. The second-order valence-electron chi connectivity index (χ2n) is 5.10. The molecule has 0 saturated heterocycles. The van der Waals surface area contributed by atoms with Crippen LogP contribution in [0.2, 0.25) is 0 Å². The van der Waals surface area contributed by atoms with Crippen molar-refractivity contribution in [3.63, 3.8) is 0 Å². The number of rotatable bonds is 5. The lowest BCUT2D eigenvalue weighted by Crippen LogP contribution is -2.52. The number of hydrogen-bond acceptors (Lipinski definition) is 4. The summed E-state index contributed by atoms with van der Waals surface area (Å²) in [5.74, 6) is -0.475. The highest BCUT2D eigenvalue weighted by Gasteiger charge is 2.23. The van der Waals surface area contributed by atoms with Crippen molar-refractivity contribution in [3.8, 4) is 0 Å². The first-order valence-electron chi connectivity index (χ1n) is 5.92. The molecule has 0 aromatic carbocycles. The Morgan fingerprint density at radius 3 is 2.12 bits per heavy atom. The van der Waals surface area contributed by atoms with E-state index in [1.54, 1.807) is 20.8 Å². The molecule has 5 nitrogen and oxygen atoms in total. The van der Waals surface area contributed by atoms with Crippen molar-refractivity contribution >= 4 is 11.9 Å². The summed E-state index contributed by atoms with van der Waals surface area (Å²) in [5, 5.41) is 5.74. The Bertz CT molecular complexity index is 271. The van der Waals surface area contributed by atoms with Gasteiger partial charge in [-0.2, -0.15) is 0 Å². The van der Waals surface area contributed by atoms with Crippen molar-refractivity contribution in [3.05, 3.63) is 0 Å². The Balaban J connectivity index is 4.20. The van der Waals surface area contributed by atoms with Crippen LogP contribution in [0, 0.1) is 0 Å². The molecule has 100 valence electrons. The fourth-order valence-electron chi connectivity index (χ4n) is 1.26. The number of ether oxygens (including phenoxy) is 1. The SMILES string of the molecule is CCOC(=O)C(C)NC(C)C(=O)NC(C)(C)C. The Morgan fingerprint density at radius 2 is 1.71 bits per heavy atom. The zero-order chi connectivity index (χ0) is 13.6.